The number of amides is 5. The first-order chi connectivity index (χ1) is 15.9. The van der Waals surface area contributed by atoms with Crippen molar-refractivity contribution >= 4 is 35.0 Å². The van der Waals surface area contributed by atoms with Crippen molar-refractivity contribution in [3.05, 3.63) is 54.1 Å². The third-order valence-corrected chi connectivity index (χ3v) is 5.96. The third-order valence-electron chi connectivity index (χ3n) is 5.96. The van der Waals surface area contributed by atoms with Crippen molar-refractivity contribution in [3.8, 4) is 0 Å². The Hall–Kier alpha value is -3.55. The number of para-hydroxylation sites is 1. The number of carbonyl (C=O) groups is 3. The number of anilines is 3. The van der Waals surface area contributed by atoms with Crippen LogP contribution < -0.4 is 16.0 Å². The molecule has 5 amide bonds. The number of benzene rings is 2. The van der Waals surface area contributed by atoms with Gasteiger partial charge in [-0.1, -0.05) is 24.3 Å². The Kier molecular flexibility index (Phi) is 8.29. The fourth-order valence-electron chi connectivity index (χ4n) is 3.91. The van der Waals surface area contributed by atoms with Gasteiger partial charge < -0.3 is 25.8 Å². The van der Waals surface area contributed by atoms with Crippen LogP contribution in [0, 0.1) is 12.8 Å². The Morgan fingerprint density at radius 3 is 2.18 bits per heavy atom. The average Bonchev–Trinajstić information content (AvgIpc) is 2.82. The van der Waals surface area contributed by atoms with Crippen molar-refractivity contribution in [2.24, 2.45) is 5.92 Å². The van der Waals surface area contributed by atoms with Crippen molar-refractivity contribution in [2.75, 3.05) is 42.1 Å². The SMILES string of the molecule is CCN(CC)C(=O)N1CCC(C(=O)Nc2cc(NC(=O)Nc3ccccc3)ccc2C)CC1. The van der Waals surface area contributed by atoms with Gasteiger partial charge in [0.2, 0.25) is 5.91 Å². The highest BCUT2D eigenvalue weighted by Gasteiger charge is 2.29. The molecule has 0 bridgehead atoms. The van der Waals surface area contributed by atoms with E-state index < -0.39 is 0 Å². The van der Waals surface area contributed by atoms with Gasteiger partial charge in [0, 0.05) is 49.2 Å². The van der Waals surface area contributed by atoms with Crippen LogP contribution in [0.1, 0.15) is 32.3 Å². The van der Waals surface area contributed by atoms with Crippen molar-refractivity contribution in [2.45, 2.75) is 33.6 Å². The molecule has 3 rings (SSSR count). The van der Waals surface area contributed by atoms with Gasteiger partial charge in [0.25, 0.3) is 0 Å². The number of nitrogens with one attached hydrogen (secondary N) is 3. The highest BCUT2D eigenvalue weighted by atomic mass is 16.2. The predicted molar refractivity (Wildman–Crippen MR) is 132 cm³/mol. The third kappa shape index (κ3) is 6.47. The van der Waals surface area contributed by atoms with Gasteiger partial charge in [-0.05, 0) is 63.4 Å². The summed E-state index contributed by atoms with van der Waals surface area (Å²) in [5.74, 6) is -0.206. The summed E-state index contributed by atoms with van der Waals surface area (Å²) in [5.41, 5.74) is 2.86. The van der Waals surface area contributed by atoms with Crippen LogP contribution in [-0.4, -0.2) is 53.9 Å². The van der Waals surface area contributed by atoms with Gasteiger partial charge in [-0.25, -0.2) is 9.59 Å². The maximum atomic E-state index is 12.9. The summed E-state index contributed by atoms with van der Waals surface area (Å²) < 4.78 is 0. The molecule has 2 aromatic carbocycles. The molecule has 0 unspecified atom stereocenters. The molecule has 8 heteroatoms. The molecule has 0 spiro atoms. The lowest BCUT2D eigenvalue weighted by Crippen LogP contribution is -2.47. The molecule has 1 aliphatic rings. The van der Waals surface area contributed by atoms with Gasteiger partial charge in [-0.3, -0.25) is 4.79 Å². The molecule has 0 saturated carbocycles. The van der Waals surface area contributed by atoms with Crippen LogP contribution in [0.3, 0.4) is 0 Å². The van der Waals surface area contributed by atoms with E-state index in [1.54, 1.807) is 29.2 Å². The van der Waals surface area contributed by atoms with Crippen LogP contribution in [0.4, 0.5) is 26.7 Å². The number of piperidine rings is 1. The molecule has 1 fully saturated rings. The minimum Gasteiger partial charge on any atom is -0.326 e. The number of hydrogen-bond donors (Lipinski definition) is 3. The second-order valence-corrected chi connectivity index (χ2v) is 8.18. The quantitative estimate of drug-likeness (QED) is 0.592. The van der Waals surface area contributed by atoms with Crippen LogP contribution in [0.25, 0.3) is 0 Å². The van der Waals surface area contributed by atoms with Crippen molar-refractivity contribution in [1.29, 1.82) is 0 Å². The summed E-state index contributed by atoms with van der Waals surface area (Å²) in [6, 6.07) is 14.3. The zero-order chi connectivity index (χ0) is 23.8. The number of aryl methyl sites for hydroxylation is 1. The van der Waals surface area contributed by atoms with E-state index in [2.05, 4.69) is 16.0 Å². The monoisotopic (exact) mass is 451 g/mol. The lowest BCUT2D eigenvalue weighted by atomic mass is 9.95. The van der Waals surface area contributed by atoms with Crippen molar-refractivity contribution in [3.63, 3.8) is 0 Å². The van der Waals surface area contributed by atoms with Crippen LogP contribution >= 0.6 is 0 Å². The molecule has 0 radical (unpaired) electrons. The first kappa shape index (κ1) is 24.1. The van der Waals surface area contributed by atoms with E-state index >= 15 is 0 Å². The van der Waals surface area contributed by atoms with E-state index in [1.165, 1.54) is 0 Å². The molecular formula is C25H33N5O3. The zero-order valence-corrected chi connectivity index (χ0v) is 19.6. The van der Waals surface area contributed by atoms with E-state index in [1.807, 2.05) is 49.9 Å². The second-order valence-electron chi connectivity index (χ2n) is 8.18. The molecule has 8 nitrogen and oxygen atoms in total. The molecule has 0 atom stereocenters. The summed E-state index contributed by atoms with van der Waals surface area (Å²) in [6.45, 7) is 8.37. The van der Waals surface area contributed by atoms with Crippen molar-refractivity contribution < 1.29 is 14.4 Å². The average molecular weight is 452 g/mol. The molecule has 1 aliphatic heterocycles. The Bertz CT molecular complexity index is 967. The first-order valence-corrected chi connectivity index (χ1v) is 11.5. The molecule has 3 N–H and O–H groups in total. The highest BCUT2D eigenvalue weighted by Crippen LogP contribution is 2.24. The lowest BCUT2D eigenvalue weighted by Gasteiger charge is -2.34. The molecule has 33 heavy (non-hydrogen) atoms. The molecule has 2 aromatic rings. The summed E-state index contributed by atoms with van der Waals surface area (Å²) >= 11 is 0. The minimum absolute atomic E-state index is 0.0438. The number of likely N-dealkylation sites (tertiary alicyclic amines) is 1. The fourth-order valence-corrected chi connectivity index (χ4v) is 3.91. The second kappa shape index (κ2) is 11.4. The molecule has 1 saturated heterocycles. The number of urea groups is 2. The standard InChI is InChI=1S/C25H33N5O3/c1-4-29(5-2)25(33)30-15-13-19(14-16-30)23(31)28-22-17-21(12-11-18(22)3)27-24(32)26-20-9-7-6-8-10-20/h6-12,17,19H,4-5,13-16H2,1-3H3,(H,28,31)(H2,26,27,32). The zero-order valence-electron chi connectivity index (χ0n) is 19.6. The summed E-state index contributed by atoms with van der Waals surface area (Å²) in [7, 11) is 0. The van der Waals surface area contributed by atoms with Gasteiger partial charge in [-0.2, -0.15) is 0 Å². The Morgan fingerprint density at radius 1 is 0.909 bits per heavy atom. The molecule has 0 aliphatic carbocycles. The number of nitrogens with zero attached hydrogens (tertiary/aromatic N) is 2. The van der Waals surface area contributed by atoms with E-state index in [0.29, 0.717) is 56.1 Å². The van der Waals surface area contributed by atoms with E-state index in [-0.39, 0.29) is 23.9 Å². The van der Waals surface area contributed by atoms with Crippen LogP contribution in [-0.2, 0) is 4.79 Å². The number of hydrogen-bond acceptors (Lipinski definition) is 3. The van der Waals surface area contributed by atoms with Crippen LogP contribution in [0.2, 0.25) is 0 Å². The maximum Gasteiger partial charge on any atom is 0.323 e. The largest absolute Gasteiger partial charge is 0.326 e. The lowest BCUT2D eigenvalue weighted by molar-refractivity contribution is -0.121. The number of rotatable bonds is 6. The summed E-state index contributed by atoms with van der Waals surface area (Å²) in [6.07, 6.45) is 1.27. The van der Waals surface area contributed by atoms with Crippen molar-refractivity contribution in [1.82, 2.24) is 9.80 Å². The number of carbonyl (C=O) groups excluding carboxylic acids is 3. The highest BCUT2D eigenvalue weighted by molar-refractivity contribution is 6.00. The molecular weight excluding hydrogens is 418 g/mol. The Balaban J connectivity index is 1.55. The molecule has 176 valence electrons. The van der Waals surface area contributed by atoms with Crippen LogP contribution in [0.5, 0.6) is 0 Å². The first-order valence-electron chi connectivity index (χ1n) is 11.5. The van der Waals surface area contributed by atoms with E-state index in [0.717, 1.165) is 5.56 Å². The van der Waals surface area contributed by atoms with Gasteiger partial charge in [0.05, 0.1) is 0 Å². The topological polar surface area (TPSA) is 93.8 Å². The van der Waals surface area contributed by atoms with Gasteiger partial charge >= 0.3 is 12.1 Å². The molecule has 1 heterocycles. The fraction of sp³-hybridized carbons (Fsp3) is 0.400. The molecule has 0 aromatic heterocycles. The van der Waals surface area contributed by atoms with E-state index in [4.69, 9.17) is 0 Å². The van der Waals surface area contributed by atoms with Gasteiger partial charge in [-0.15, -0.1) is 0 Å². The van der Waals surface area contributed by atoms with Crippen LogP contribution in [0.15, 0.2) is 48.5 Å². The smallest absolute Gasteiger partial charge is 0.323 e. The minimum atomic E-state index is -0.354. The normalized spacial score (nSPS) is 13.8. The van der Waals surface area contributed by atoms with E-state index in [9.17, 15) is 14.4 Å². The van der Waals surface area contributed by atoms with Gasteiger partial charge in [0.1, 0.15) is 0 Å². The van der Waals surface area contributed by atoms with Gasteiger partial charge in [0.15, 0.2) is 0 Å². The Morgan fingerprint density at radius 2 is 1.55 bits per heavy atom. The Labute approximate surface area is 195 Å². The predicted octanol–water partition coefficient (Wildman–Crippen LogP) is 4.75. The summed E-state index contributed by atoms with van der Waals surface area (Å²) in [5, 5.41) is 8.58. The maximum absolute atomic E-state index is 12.9. The summed E-state index contributed by atoms with van der Waals surface area (Å²) in [4.78, 5) is 41.3.